The molecular formula is C26H20ClN3O2S. The van der Waals surface area contributed by atoms with Crippen LogP contribution in [0.5, 0.6) is 0 Å². The van der Waals surface area contributed by atoms with Crippen molar-refractivity contribution < 1.29 is 9.59 Å². The molecule has 1 saturated heterocycles. The third-order valence-corrected chi connectivity index (χ3v) is 6.88. The molecule has 1 atom stereocenters. The van der Waals surface area contributed by atoms with Crippen LogP contribution in [0.15, 0.2) is 89.5 Å². The van der Waals surface area contributed by atoms with E-state index >= 15 is 0 Å². The van der Waals surface area contributed by atoms with Crippen molar-refractivity contribution >= 4 is 46.6 Å². The van der Waals surface area contributed by atoms with Crippen LogP contribution in [0.3, 0.4) is 0 Å². The molecule has 0 aliphatic carbocycles. The molecule has 0 spiro atoms. The molecule has 7 heteroatoms. The van der Waals surface area contributed by atoms with Crippen LogP contribution in [0.1, 0.15) is 11.1 Å². The quantitative estimate of drug-likeness (QED) is 0.380. The Labute approximate surface area is 201 Å². The van der Waals surface area contributed by atoms with Gasteiger partial charge in [-0.3, -0.25) is 14.5 Å². The number of aryl methyl sites for hydroxylation is 1. The van der Waals surface area contributed by atoms with Gasteiger partial charge in [-0.05, 0) is 54.8 Å². The first-order chi connectivity index (χ1) is 16.0. The molecule has 1 aliphatic rings. The van der Waals surface area contributed by atoms with E-state index < -0.39 is 11.2 Å². The normalized spacial score (nSPS) is 16.9. The first-order valence-electron chi connectivity index (χ1n) is 10.3. The molecule has 164 valence electrons. The molecule has 3 aromatic carbocycles. The zero-order chi connectivity index (χ0) is 23.4. The summed E-state index contributed by atoms with van der Waals surface area (Å²) in [6.45, 7) is 1.92. The smallest absolute Gasteiger partial charge is 0.269 e. The summed E-state index contributed by atoms with van der Waals surface area (Å²) in [7, 11) is 0. The summed E-state index contributed by atoms with van der Waals surface area (Å²) < 4.78 is 0. The van der Waals surface area contributed by atoms with Gasteiger partial charge in [-0.2, -0.15) is 5.26 Å². The Morgan fingerprint density at radius 3 is 2.39 bits per heavy atom. The standard InChI is InChI=1S/C26H20ClN3O2S/c1-17-12-13-18(14-22(17)27)15-23-25(32)30(20-10-6-3-7-11-20)26(33-23)21(16-28)24(31)29-19-8-4-2-5-9-19/h2-14,23H,15H2,1H3,(H,29,31)/b26-21-. The molecule has 1 fully saturated rings. The fourth-order valence-electron chi connectivity index (χ4n) is 3.49. The van der Waals surface area contributed by atoms with Crippen molar-refractivity contribution in [3.05, 3.63) is 106 Å². The Hall–Kier alpha value is -3.53. The average Bonchev–Trinajstić information content (AvgIpc) is 3.13. The third-order valence-electron chi connectivity index (χ3n) is 5.21. The number of thioether (sulfide) groups is 1. The van der Waals surface area contributed by atoms with Gasteiger partial charge in [0, 0.05) is 16.4 Å². The van der Waals surface area contributed by atoms with Crippen molar-refractivity contribution in [2.24, 2.45) is 0 Å². The van der Waals surface area contributed by atoms with Gasteiger partial charge in [0.25, 0.3) is 5.91 Å². The SMILES string of the molecule is Cc1ccc(CC2S/C(=C(/C#N)C(=O)Nc3ccccc3)N(c3ccccc3)C2=O)cc1Cl. The molecule has 0 saturated carbocycles. The highest BCUT2D eigenvalue weighted by Crippen LogP contribution is 2.42. The minimum atomic E-state index is -0.557. The average molecular weight is 474 g/mol. The lowest BCUT2D eigenvalue weighted by Crippen LogP contribution is -2.30. The molecular weight excluding hydrogens is 454 g/mol. The fourth-order valence-corrected chi connectivity index (χ4v) is 5.00. The number of para-hydroxylation sites is 2. The van der Waals surface area contributed by atoms with Gasteiger partial charge >= 0.3 is 0 Å². The number of nitriles is 1. The minimum absolute atomic E-state index is 0.106. The largest absolute Gasteiger partial charge is 0.321 e. The maximum absolute atomic E-state index is 13.5. The second-order valence-corrected chi connectivity index (χ2v) is 9.11. The number of carbonyl (C=O) groups excluding carboxylic acids is 2. The molecule has 4 rings (SSSR count). The molecule has 0 aromatic heterocycles. The number of benzene rings is 3. The fraction of sp³-hybridized carbons (Fsp3) is 0.115. The molecule has 1 N–H and O–H groups in total. The summed E-state index contributed by atoms with van der Waals surface area (Å²) in [6, 6.07) is 25.7. The molecule has 5 nitrogen and oxygen atoms in total. The number of carbonyl (C=O) groups is 2. The summed E-state index contributed by atoms with van der Waals surface area (Å²) in [5.41, 5.74) is 2.95. The predicted octanol–water partition coefficient (Wildman–Crippen LogP) is 5.71. The van der Waals surface area contributed by atoms with E-state index in [1.54, 1.807) is 36.4 Å². The van der Waals surface area contributed by atoms with Gasteiger partial charge in [-0.1, -0.05) is 71.9 Å². The van der Waals surface area contributed by atoms with Crippen LogP contribution in [0, 0.1) is 18.3 Å². The van der Waals surface area contributed by atoms with E-state index in [1.165, 1.54) is 16.7 Å². The molecule has 0 radical (unpaired) electrons. The summed E-state index contributed by atoms with van der Waals surface area (Å²) in [4.78, 5) is 27.9. The first kappa shape index (κ1) is 22.7. The lowest BCUT2D eigenvalue weighted by atomic mass is 10.1. The monoisotopic (exact) mass is 473 g/mol. The van der Waals surface area contributed by atoms with Crippen LogP contribution in [0.2, 0.25) is 5.02 Å². The highest BCUT2D eigenvalue weighted by molar-refractivity contribution is 8.05. The highest BCUT2D eigenvalue weighted by atomic mass is 35.5. The van der Waals surface area contributed by atoms with Crippen LogP contribution in [0.4, 0.5) is 11.4 Å². The Bertz CT molecular complexity index is 1270. The molecule has 1 heterocycles. The molecule has 1 aliphatic heterocycles. The number of amides is 2. The number of rotatable bonds is 5. The number of nitrogens with one attached hydrogen (secondary N) is 1. The number of hydrogen-bond donors (Lipinski definition) is 1. The highest BCUT2D eigenvalue weighted by Gasteiger charge is 2.40. The summed E-state index contributed by atoms with van der Waals surface area (Å²) in [5, 5.41) is 13.1. The minimum Gasteiger partial charge on any atom is -0.321 e. The van der Waals surface area contributed by atoms with Crippen LogP contribution < -0.4 is 10.2 Å². The van der Waals surface area contributed by atoms with Crippen molar-refractivity contribution in [3.8, 4) is 6.07 Å². The van der Waals surface area contributed by atoms with E-state index in [2.05, 4.69) is 5.32 Å². The molecule has 33 heavy (non-hydrogen) atoms. The van der Waals surface area contributed by atoms with Gasteiger partial charge in [0.15, 0.2) is 0 Å². The van der Waals surface area contributed by atoms with E-state index in [1.807, 2.05) is 55.5 Å². The van der Waals surface area contributed by atoms with E-state index in [4.69, 9.17) is 11.6 Å². The molecule has 1 unspecified atom stereocenters. The van der Waals surface area contributed by atoms with Gasteiger partial charge in [0.05, 0.1) is 5.25 Å². The Kier molecular flexibility index (Phi) is 6.83. The third kappa shape index (κ3) is 4.95. The summed E-state index contributed by atoms with van der Waals surface area (Å²) in [5.74, 6) is -0.739. The van der Waals surface area contributed by atoms with Crippen LogP contribution in [-0.2, 0) is 16.0 Å². The zero-order valence-electron chi connectivity index (χ0n) is 17.8. The van der Waals surface area contributed by atoms with Crippen LogP contribution in [0.25, 0.3) is 0 Å². The summed E-state index contributed by atoms with van der Waals surface area (Å²) in [6.07, 6.45) is 0.426. The van der Waals surface area contributed by atoms with E-state index in [9.17, 15) is 14.9 Å². The number of anilines is 2. The van der Waals surface area contributed by atoms with Crippen molar-refractivity contribution in [2.45, 2.75) is 18.6 Å². The van der Waals surface area contributed by atoms with Gasteiger partial charge in [-0.25, -0.2) is 0 Å². The van der Waals surface area contributed by atoms with Gasteiger partial charge in [-0.15, -0.1) is 0 Å². The predicted molar refractivity (Wildman–Crippen MR) is 133 cm³/mol. The van der Waals surface area contributed by atoms with Crippen molar-refractivity contribution in [3.63, 3.8) is 0 Å². The maximum Gasteiger partial charge on any atom is 0.269 e. The van der Waals surface area contributed by atoms with Gasteiger partial charge in [0.2, 0.25) is 5.91 Å². The van der Waals surface area contributed by atoms with E-state index in [-0.39, 0.29) is 11.5 Å². The lowest BCUT2D eigenvalue weighted by molar-refractivity contribution is -0.117. The topological polar surface area (TPSA) is 73.2 Å². The second kappa shape index (κ2) is 9.95. The first-order valence-corrected chi connectivity index (χ1v) is 11.5. The van der Waals surface area contributed by atoms with Crippen molar-refractivity contribution in [1.82, 2.24) is 0 Å². The maximum atomic E-state index is 13.5. The second-order valence-electron chi connectivity index (χ2n) is 7.52. The van der Waals surface area contributed by atoms with Crippen molar-refractivity contribution in [1.29, 1.82) is 5.26 Å². The molecule has 3 aromatic rings. The van der Waals surface area contributed by atoms with E-state index in [0.717, 1.165) is 11.1 Å². The lowest BCUT2D eigenvalue weighted by Gasteiger charge is -2.18. The van der Waals surface area contributed by atoms with Crippen LogP contribution >= 0.6 is 23.4 Å². The zero-order valence-corrected chi connectivity index (χ0v) is 19.4. The Morgan fingerprint density at radius 2 is 1.76 bits per heavy atom. The number of hydrogen-bond acceptors (Lipinski definition) is 4. The Morgan fingerprint density at radius 1 is 1.09 bits per heavy atom. The van der Waals surface area contributed by atoms with Crippen LogP contribution in [-0.4, -0.2) is 17.1 Å². The van der Waals surface area contributed by atoms with Gasteiger partial charge in [0.1, 0.15) is 16.7 Å². The Balaban J connectivity index is 1.71. The molecule has 0 bridgehead atoms. The van der Waals surface area contributed by atoms with Crippen molar-refractivity contribution in [2.75, 3.05) is 10.2 Å². The summed E-state index contributed by atoms with van der Waals surface area (Å²) >= 11 is 7.50. The number of halogens is 1. The van der Waals surface area contributed by atoms with Gasteiger partial charge < -0.3 is 5.32 Å². The molecule has 2 amide bonds. The van der Waals surface area contributed by atoms with E-state index in [0.29, 0.717) is 27.8 Å². The number of nitrogens with zero attached hydrogens (tertiary/aromatic N) is 2.